The van der Waals surface area contributed by atoms with E-state index in [1.54, 1.807) is 32.3 Å². The highest BCUT2D eigenvalue weighted by Gasteiger charge is 2.43. The van der Waals surface area contributed by atoms with Crippen molar-refractivity contribution in [1.29, 1.82) is 0 Å². The Kier molecular flexibility index (Phi) is 6.47. The fourth-order valence-corrected chi connectivity index (χ4v) is 5.59. The molecular weight excluding hydrogens is 474 g/mol. The maximum absolute atomic E-state index is 13.5. The summed E-state index contributed by atoms with van der Waals surface area (Å²) in [5, 5.41) is 1.38. The molecule has 0 radical (unpaired) electrons. The summed E-state index contributed by atoms with van der Waals surface area (Å²) in [4.78, 5) is 52.6. The highest BCUT2D eigenvalue weighted by atomic mass is 32.1. The standard InChI is InChI=1S/C23H33N5O6S/c1-13-15(12-27(19(24)30)25-20(31)34-22(2,3)4)35-18-16(13)17(29)28(23(5)8-9-23)21(32)26(18)11-14-7-6-10-33-14/h14H,6-12H2,1-5H3,(H2,24,30)(H,25,31). The molecule has 2 aliphatic rings. The van der Waals surface area contributed by atoms with Crippen LogP contribution in [0.3, 0.4) is 0 Å². The molecule has 12 heteroatoms. The Bertz CT molecular complexity index is 1280. The number of nitrogens with one attached hydrogen (secondary N) is 1. The molecule has 0 bridgehead atoms. The summed E-state index contributed by atoms with van der Waals surface area (Å²) < 4.78 is 14.0. The first-order valence-electron chi connectivity index (χ1n) is 11.8. The minimum atomic E-state index is -0.882. The summed E-state index contributed by atoms with van der Waals surface area (Å²) in [5.74, 6) is 0. The maximum atomic E-state index is 13.5. The van der Waals surface area contributed by atoms with Gasteiger partial charge in [-0.15, -0.1) is 11.3 Å². The Morgan fingerprint density at radius 2 is 2.00 bits per heavy atom. The number of rotatable bonds is 5. The smallest absolute Gasteiger partial charge is 0.426 e. The average molecular weight is 508 g/mol. The fourth-order valence-electron chi connectivity index (χ4n) is 4.30. The lowest BCUT2D eigenvalue weighted by atomic mass is 10.2. The molecule has 1 aliphatic carbocycles. The average Bonchev–Trinajstić information content (AvgIpc) is 3.13. The van der Waals surface area contributed by atoms with E-state index in [1.165, 1.54) is 15.9 Å². The number of hydrogen-bond donors (Lipinski definition) is 2. The van der Waals surface area contributed by atoms with Crippen LogP contribution in [-0.4, -0.2) is 44.6 Å². The molecule has 3 N–H and O–H groups in total. The normalized spacial score (nSPS) is 19.1. The summed E-state index contributed by atoms with van der Waals surface area (Å²) in [6.45, 7) is 9.73. The van der Waals surface area contributed by atoms with Crippen LogP contribution in [0.4, 0.5) is 9.59 Å². The van der Waals surface area contributed by atoms with Gasteiger partial charge in [-0.1, -0.05) is 0 Å². The predicted octanol–water partition coefficient (Wildman–Crippen LogP) is 2.54. The van der Waals surface area contributed by atoms with Gasteiger partial charge < -0.3 is 15.2 Å². The number of hydrogen-bond acceptors (Lipinski definition) is 7. The van der Waals surface area contributed by atoms with Crippen molar-refractivity contribution in [2.75, 3.05) is 6.61 Å². The Hall–Kier alpha value is -2.86. The third-order valence-electron chi connectivity index (χ3n) is 6.43. The number of thiophene rings is 1. The second-order valence-corrected chi connectivity index (χ2v) is 11.6. The number of ether oxygens (including phenoxy) is 2. The molecule has 1 atom stereocenters. The van der Waals surface area contributed by atoms with Gasteiger partial charge >= 0.3 is 17.8 Å². The van der Waals surface area contributed by atoms with E-state index in [2.05, 4.69) is 5.43 Å². The van der Waals surface area contributed by atoms with Crippen molar-refractivity contribution >= 4 is 33.7 Å². The first-order chi connectivity index (χ1) is 16.3. The lowest BCUT2D eigenvalue weighted by Crippen LogP contribution is -2.49. The topological polar surface area (TPSA) is 138 Å². The lowest BCUT2D eigenvalue weighted by molar-refractivity contribution is 0.0376. The highest BCUT2D eigenvalue weighted by molar-refractivity contribution is 7.18. The third kappa shape index (κ3) is 5.08. The van der Waals surface area contributed by atoms with Gasteiger partial charge in [0.05, 0.1) is 30.1 Å². The molecular formula is C23H33N5O6S. The van der Waals surface area contributed by atoms with E-state index in [9.17, 15) is 19.2 Å². The molecule has 2 aromatic heterocycles. The van der Waals surface area contributed by atoms with Gasteiger partial charge in [0.25, 0.3) is 5.56 Å². The minimum absolute atomic E-state index is 0.0788. The number of primary amides is 1. The van der Waals surface area contributed by atoms with Gasteiger partial charge in [0.15, 0.2) is 0 Å². The van der Waals surface area contributed by atoms with Crippen molar-refractivity contribution in [3.63, 3.8) is 0 Å². The monoisotopic (exact) mass is 507 g/mol. The first-order valence-corrected chi connectivity index (χ1v) is 12.6. The van der Waals surface area contributed by atoms with E-state index in [4.69, 9.17) is 15.2 Å². The molecule has 2 aromatic rings. The molecule has 11 nitrogen and oxygen atoms in total. The second-order valence-electron chi connectivity index (χ2n) is 10.5. The van der Waals surface area contributed by atoms with Gasteiger partial charge in [0, 0.05) is 11.5 Å². The molecule has 1 unspecified atom stereocenters. The number of aryl methyl sites for hydroxylation is 1. The quantitative estimate of drug-likeness (QED) is 0.597. The molecule has 0 aromatic carbocycles. The van der Waals surface area contributed by atoms with E-state index in [1.807, 2.05) is 6.92 Å². The van der Waals surface area contributed by atoms with Crippen LogP contribution >= 0.6 is 11.3 Å². The summed E-state index contributed by atoms with van der Waals surface area (Å²) >= 11 is 1.24. The molecule has 3 heterocycles. The van der Waals surface area contributed by atoms with Crippen LogP contribution in [0.2, 0.25) is 0 Å². The summed E-state index contributed by atoms with van der Waals surface area (Å²) in [6, 6.07) is -0.882. The Morgan fingerprint density at radius 1 is 1.31 bits per heavy atom. The third-order valence-corrected chi connectivity index (χ3v) is 7.73. The van der Waals surface area contributed by atoms with Crippen LogP contribution in [0, 0.1) is 6.92 Å². The molecule has 1 saturated carbocycles. The van der Waals surface area contributed by atoms with E-state index >= 15 is 0 Å². The molecule has 35 heavy (non-hydrogen) atoms. The number of carbonyl (C=O) groups excluding carboxylic acids is 2. The van der Waals surface area contributed by atoms with Crippen molar-refractivity contribution in [3.05, 3.63) is 31.3 Å². The number of amides is 3. The summed E-state index contributed by atoms with van der Waals surface area (Å²) in [6.07, 6.45) is 2.37. The molecule has 0 spiro atoms. The van der Waals surface area contributed by atoms with Crippen LogP contribution < -0.4 is 22.4 Å². The number of aromatic nitrogens is 2. The number of carbonyl (C=O) groups is 2. The van der Waals surface area contributed by atoms with Crippen LogP contribution in [0.1, 0.15) is 63.8 Å². The summed E-state index contributed by atoms with van der Waals surface area (Å²) in [5.41, 5.74) is 6.59. The van der Waals surface area contributed by atoms with Gasteiger partial charge in [-0.25, -0.2) is 24.8 Å². The van der Waals surface area contributed by atoms with E-state index in [0.717, 1.165) is 30.7 Å². The Balaban J connectivity index is 1.77. The predicted molar refractivity (Wildman–Crippen MR) is 131 cm³/mol. The minimum Gasteiger partial charge on any atom is -0.443 e. The Labute approximate surface area is 206 Å². The van der Waals surface area contributed by atoms with Gasteiger partial charge in [0.1, 0.15) is 10.4 Å². The number of fused-ring (bicyclic) bond motifs is 1. The number of nitrogens with zero attached hydrogens (tertiary/aromatic N) is 3. The van der Waals surface area contributed by atoms with E-state index in [-0.39, 0.29) is 23.9 Å². The van der Waals surface area contributed by atoms with E-state index < -0.39 is 23.3 Å². The van der Waals surface area contributed by atoms with Crippen molar-refractivity contribution in [3.8, 4) is 0 Å². The van der Waals surface area contributed by atoms with Crippen molar-refractivity contribution in [1.82, 2.24) is 19.6 Å². The maximum Gasteiger partial charge on any atom is 0.426 e. The second kappa shape index (κ2) is 8.98. The number of urea groups is 1. The van der Waals surface area contributed by atoms with E-state index in [0.29, 0.717) is 33.8 Å². The van der Waals surface area contributed by atoms with Crippen LogP contribution in [0.25, 0.3) is 10.2 Å². The largest absolute Gasteiger partial charge is 0.443 e. The highest BCUT2D eigenvalue weighted by Crippen LogP contribution is 2.41. The zero-order chi connectivity index (χ0) is 25.7. The molecule has 1 aliphatic heterocycles. The molecule has 192 valence electrons. The zero-order valence-corrected chi connectivity index (χ0v) is 21.6. The van der Waals surface area contributed by atoms with Crippen molar-refractivity contribution in [2.24, 2.45) is 5.73 Å². The van der Waals surface area contributed by atoms with Crippen molar-refractivity contribution in [2.45, 2.75) is 90.6 Å². The zero-order valence-electron chi connectivity index (χ0n) is 20.8. The molecule has 1 saturated heterocycles. The molecule has 2 fully saturated rings. The van der Waals surface area contributed by atoms with Crippen LogP contribution in [0.5, 0.6) is 0 Å². The molecule has 4 rings (SSSR count). The van der Waals surface area contributed by atoms with Crippen LogP contribution in [-0.2, 0) is 28.1 Å². The fraction of sp³-hybridized carbons (Fsp3) is 0.652. The first kappa shape index (κ1) is 25.2. The van der Waals surface area contributed by atoms with Gasteiger partial charge in [-0.05, 0) is 65.9 Å². The SMILES string of the molecule is Cc1c(CN(NC(=O)OC(C)(C)C)C(N)=O)sc2c1c(=O)n(C1(C)CC1)c(=O)n2CC1CCCO1. The molecule has 3 amide bonds. The van der Waals surface area contributed by atoms with Crippen molar-refractivity contribution < 1.29 is 19.1 Å². The summed E-state index contributed by atoms with van der Waals surface area (Å²) in [7, 11) is 0. The number of nitrogens with two attached hydrogens (primary N) is 1. The van der Waals surface area contributed by atoms with Gasteiger partial charge in [-0.2, -0.15) is 0 Å². The Morgan fingerprint density at radius 3 is 2.54 bits per heavy atom. The van der Waals surface area contributed by atoms with Gasteiger partial charge in [0.2, 0.25) is 0 Å². The van der Waals surface area contributed by atoms with Gasteiger partial charge in [-0.3, -0.25) is 13.9 Å². The number of hydrazine groups is 1. The lowest BCUT2D eigenvalue weighted by Gasteiger charge is -2.24. The van der Waals surface area contributed by atoms with Crippen LogP contribution in [0.15, 0.2) is 9.59 Å².